The van der Waals surface area contributed by atoms with Gasteiger partial charge in [-0.25, -0.2) is 0 Å². The van der Waals surface area contributed by atoms with Crippen LogP contribution in [0.4, 0.5) is 0 Å². The van der Waals surface area contributed by atoms with Gasteiger partial charge < -0.3 is 14.6 Å². The number of para-hydroxylation sites is 1. The van der Waals surface area contributed by atoms with Gasteiger partial charge in [0.2, 0.25) is 5.91 Å². The number of carbonyl (C=O) groups is 2. The third kappa shape index (κ3) is 3.54. The molecule has 37 heavy (non-hydrogen) atoms. The number of hydrogen-bond donors (Lipinski definition) is 2. The zero-order chi connectivity index (χ0) is 25.3. The third-order valence-corrected chi connectivity index (χ3v) is 9.20. The second-order valence-electron chi connectivity index (χ2n) is 10.5. The van der Waals surface area contributed by atoms with E-state index in [-0.39, 0.29) is 42.3 Å². The van der Waals surface area contributed by atoms with Gasteiger partial charge in [0.1, 0.15) is 6.61 Å². The minimum atomic E-state index is -0.800. The van der Waals surface area contributed by atoms with Gasteiger partial charge in [-0.2, -0.15) is 5.10 Å². The number of cyclic esters (lactones) is 1. The summed E-state index contributed by atoms with van der Waals surface area (Å²) < 4.78 is 6.60. The van der Waals surface area contributed by atoms with Gasteiger partial charge in [0.15, 0.2) is 0 Å². The van der Waals surface area contributed by atoms with Crippen LogP contribution in [0.5, 0.6) is 0 Å². The summed E-state index contributed by atoms with van der Waals surface area (Å²) in [5.74, 6) is -0.232. The highest BCUT2D eigenvalue weighted by Crippen LogP contribution is 2.65. The van der Waals surface area contributed by atoms with Crippen LogP contribution in [-0.4, -0.2) is 45.0 Å². The van der Waals surface area contributed by atoms with Crippen molar-refractivity contribution in [3.8, 4) is 0 Å². The highest BCUT2D eigenvalue weighted by molar-refractivity contribution is 9.10. The van der Waals surface area contributed by atoms with Crippen LogP contribution in [0.2, 0.25) is 0 Å². The van der Waals surface area contributed by atoms with E-state index in [1.807, 2.05) is 41.3 Å². The first kappa shape index (κ1) is 22.7. The minimum absolute atomic E-state index is 0.0165. The van der Waals surface area contributed by atoms with Gasteiger partial charge in [-0.3, -0.25) is 19.5 Å². The maximum atomic E-state index is 13.4. The van der Waals surface area contributed by atoms with Crippen molar-refractivity contribution < 1.29 is 14.3 Å². The van der Waals surface area contributed by atoms with Crippen molar-refractivity contribution in [3.63, 3.8) is 0 Å². The number of aromatic nitrogens is 3. The molecule has 9 heteroatoms. The maximum Gasteiger partial charge on any atom is 0.313 e. The number of piperidine rings is 1. The van der Waals surface area contributed by atoms with Gasteiger partial charge >= 0.3 is 5.97 Å². The Balaban J connectivity index is 1.08. The molecule has 2 aliphatic heterocycles. The molecule has 2 aromatic carbocycles. The molecule has 2 unspecified atom stereocenters. The largest absolute Gasteiger partial charge is 0.460 e. The molecule has 2 aromatic heterocycles. The summed E-state index contributed by atoms with van der Waals surface area (Å²) in [5, 5.41) is 9.10. The van der Waals surface area contributed by atoms with Crippen LogP contribution >= 0.6 is 15.9 Å². The lowest BCUT2D eigenvalue weighted by Gasteiger charge is -2.33. The quantitative estimate of drug-likeness (QED) is 0.359. The number of rotatable bonds is 3. The Morgan fingerprint density at radius 2 is 1.97 bits per heavy atom. The molecule has 1 saturated carbocycles. The molecule has 4 aromatic rings. The predicted octanol–water partition coefficient (Wildman–Crippen LogP) is 4.49. The smallest absolute Gasteiger partial charge is 0.313 e. The predicted molar refractivity (Wildman–Crippen MR) is 141 cm³/mol. The maximum absolute atomic E-state index is 13.4. The number of ether oxygens (including phenoxy) is 1. The highest BCUT2D eigenvalue weighted by Gasteiger charge is 2.64. The molecule has 4 heterocycles. The molecule has 2 fully saturated rings. The number of likely N-dealkylation sites (tertiary alicyclic amines) is 1. The fraction of sp³-hybridized carbons (Fsp3) is 0.357. The Morgan fingerprint density at radius 3 is 2.81 bits per heavy atom. The van der Waals surface area contributed by atoms with Crippen molar-refractivity contribution in [3.05, 3.63) is 74.1 Å². The second-order valence-corrected chi connectivity index (χ2v) is 11.4. The fourth-order valence-electron chi connectivity index (χ4n) is 6.40. The first-order valence-corrected chi connectivity index (χ1v) is 13.5. The molecular formula is C28H25BrN4O4. The number of halogens is 1. The van der Waals surface area contributed by atoms with Crippen LogP contribution in [0.3, 0.4) is 0 Å². The Morgan fingerprint density at radius 1 is 1.16 bits per heavy atom. The van der Waals surface area contributed by atoms with Crippen molar-refractivity contribution >= 4 is 49.6 Å². The SMILES string of the molecule is O=C(CC12CC1c1cc(Br)c3[nH]ncc3c1COC2=O)N1CCC(c2cc3ccccc3[nH]c2=O)CC1. The summed E-state index contributed by atoms with van der Waals surface area (Å²) in [5.41, 5.74) is 3.68. The summed E-state index contributed by atoms with van der Waals surface area (Å²) in [6.45, 7) is 1.34. The van der Waals surface area contributed by atoms with Crippen molar-refractivity contribution in [1.29, 1.82) is 0 Å². The number of pyridine rings is 1. The van der Waals surface area contributed by atoms with Crippen LogP contribution in [0, 0.1) is 5.41 Å². The van der Waals surface area contributed by atoms with Gasteiger partial charge in [0.25, 0.3) is 5.56 Å². The molecule has 1 saturated heterocycles. The Labute approximate surface area is 220 Å². The Hall–Kier alpha value is -3.46. The lowest BCUT2D eigenvalue weighted by Crippen LogP contribution is -2.40. The first-order chi connectivity index (χ1) is 17.9. The molecule has 1 amide bonds. The molecule has 3 aliphatic rings. The number of amides is 1. The van der Waals surface area contributed by atoms with Gasteiger partial charge in [-0.1, -0.05) is 18.2 Å². The number of nitrogens with one attached hydrogen (secondary N) is 2. The number of H-pyrrole nitrogens is 2. The molecule has 7 rings (SSSR count). The summed E-state index contributed by atoms with van der Waals surface area (Å²) in [7, 11) is 0. The van der Waals surface area contributed by atoms with Crippen molar-refractivity contribution in [2.24, 2.45) is 5.41 Å². The third-order valence-electron chi connectivity index (χ3n) is 8.58. The number of hydrogen-bond acceptors (Lipinski definition) is 5. The van der Waals surface area contributed by atoms with Crippen molar-refractivity contribution in [1.82, 2.24) is 20.1 Å². The number of carbonyl (C=O) groups excluding carboxylic acids is 2. The van der Waals surface area contributed by atoms with Crippen molar-refractivity contribution in [2.75, 3.05) is 13.1 Å². The van der Waals surface area contributed by atoms with E-state index >= 15 is 0 Å². The zero-order valence-corrected chi connectivity index (χ0v) is 21.6. The van der Waals surface area contributed by atoms with E-state index in [1.54, 1.807) is 6.20 Å². The van der Waals surface area contributed by atoms with Gasteiger partial charge in [0.05, 0.1) is 17.1 Å². The van der Waals surface area contributed by atoms with E-state index in [2.05, 4.69) is 31.1 Å². The van der Waals surface area contributed by atoms with Gasteiger partial charge in [0, 0.05) is 51.9 Å². The molecule has 2 atom stereocenters. The van der Waals surface area contributed by atoms with E-state index in [1.165, 1.54) is 0 Å². The number of benzene rings is 2. The average Bonchev–Trinajstić information content (AvgIpc) is 3.43. The lowest BCUT2D eigenvalue weighted by atomic mass is 9.88. The summed E-state index contributed by atoms with van der Waals surface area (Å²) in [6.07, 6.45) is 3.98. The summed E-state index contributed by atoms with van der Waals surface area (Å²) >= 11 is 3.62. The normalized spacial score (nSPS) is 23.4. The zero-order valence-electron chi connectivity index (χ0n) is 20.1. The van der Waals surface area contributed by atoms with Crippen LogP contribution in [-0.2, 0) is 20.9 Å². The van der Waals surface area contributed by atoms with E-state index < -0.39 is 5.41 Å². The molecule has 8 nitrogen and oxygen atoms in total. The molecule has 188 valence electrons. The van der Waals surface area contributed by atoms with E-state index in [0.717, 1.165) is 55.8 Å². The fourth-order valence-corrected chi connectivity index (χ4v) is 6.95. The van der Waals surface area contributed by atoms with Crippen LogP contribution in [0.15, 0.2) is 51.9 Å². The molecule has 1 aliphatic carbocycles. The second kappa shape index (κ2) is 8.28. The average molecular weight is 561 g/mol. The molecule has 2 N–H and O–H groups in total. The number of esters is 1. The molecular weight excluding hydrogens is 536 g/mol. The van der Waals surface area contributed by atoms with E-state index in [9.17, 15) is 14.4 Å². The first-order valence-electron chi connectivity index (χ1n) is 12.7. The van der Waals surface area contributed by atoms with Crippen molar-refractivity contribution in [2.45, 2.75) is 44.1 Å². The summed E-state index contributed by atoms with van der Waals surface area (Å²) in [4.78, 5) is 44.1. The Kier molecular flexibility index (Phi) is 5.08. The van der Waals surface area contributed by atoms with Gasteiger partial charge in [-0.05, 0) is 70.3 Å². The van der Waals surface area contributed by atoms with E-state index in [0.29, 0.717) is 19.5 Å². The van der Waals surface area contributed by atoms with Crippen LogP contribution in [0.1, 0.15) is 54.2 Å². The van der Waals surface area contributed by atoms with Crippen LogP contribution < -0.4 is 5.56 Å². The van der Waals surface area contributed by atoms with E-state index in [4.69, 9.17) is 4.74 Å². The van der Waals surface area contributed by atoms with Gasteiger partial charge in [-0.15, -0.1) is 0 Å². The Bertz CT molecular complexity index is 1650. The number of nitrogens with zero attached hydrogens (tertiary/aromatic N) is 2. The minimum Gasteiger partial charge on any atom is -0.460 e. The number of aromatic amines is 2. The lowest BCUT2D eigenvalue weighted by molar-refractivity contribution is -0.154. The summed E-state index contributed by atoms with van der Waals surface area (Å²) in [6, 6.07) is 11.8. The topological polar surface area (TPSA) is 108 Å². The standard InChI is InChI=1S/C28H25BrN4O4/c29-22-10-18-20(19-13-30-32-25(19)22)14-37-27(36)28(11-21(18)28)12-24(34)33-7-5-15(6-8-33)17-9-16-3-1-2-4-23(16)31-26(17)35/h1-4,9-10,13,15,21H,5-8,11-12,14H2,(H,30,32)(H,31,35). The monoisotopic (exact) mass is 560 g/mol. The molecule has 0 radical (unpaired) electrons. The molecule has 0 spiro atoms. The number of fused-ring (bicyclic) bond motifs is 6. The van der Waals surface area contributed by atoms with Crippen LogP contribution in [0.25, 0.3) is 21.8 Å². The molecule has 0 bridgehead atoms. The highest BCUT2D eigenvalue weighted by atomic mass is 79.9.